The van der Waals surface area contributed by atoms with E-state index in [1.807, 2.05) is 42.7 Å². The molecule has 0 unspecified atom stereocenters. The second-order valence-electron chi connectivity index (χ2n) is 6.45. The van der Waals surface area contributed by atoms with Gasteiger partial charge < -0.3 is 9.88 Å². The summed E-state index contributed by atoms with van der Waals surface area (Å²) in [4.78, 5) is 12.3. The smallest absolute Gasteiger partial charge is 0.324 e. The van der Waals surface area contributed by atoms with Gasteiger partial charge in [0.05, 0.1) is 22.0 Å². The zero-order valence-corrected chi connectivity index (χ0v) is 17.7. The zero-order chi connectivity index (χ0) is 21.9. The van der Waals surface area contributed by atoms with E-state index in [4.69, 9.17) is 11.6 Å². The molecule has 1 heterocycles. The van der Waals surface area contributed by atoms with E-state index in [1.54, 1.807) is 0 Å². The van der Waals surface area contributed by atoms with Gasteiger partial charge in [-0.1, -0.05) is 47.1 Å². The molecule has 1 N–H and O–H groups in total. The van der Waals surface area contributed by atoms with E-state index < -0.39 is 17.6 Å². The van der Waals surface area contributed by atoms with Gasteiger partial charge in [0.1, 0.15) is 0 Å². The summed E-state index contributed by atoms with van der Waals surface area (Å²) in [6, 6.07) is 10.6. The van der Waals surface area contributed by atoms with E-state index in [-0.39, 0.29) is 16.5 Å². The van der Waals surface area contributed by atoms with Gasteiger partial charge in [0.15, 0.2) is 11.0 Å². The fourth-order valence-electron chi connectivity index (χ4n) is 2.79. The van der Waals surface area contributed by atoms with Gasteiger partial charge in [-0.15, -0.1) is 10.2 Å². The minimum atomic E-state index is -4.53. The lowest BCUT2D eigenvalue weighted by Crippen LogP contribution is -2.16. The molecule has 3 aromatic rings. The van der Waals surface area contributed by atoms with Crippen molar-refractivity contribution in [2.75, 3.05) is 11.1 Å². The molecular formula is C20H18ClF3N4OS. The summed E-state index contributed by atoms with van der Waals surface area (Å²) in [5.74, 6) is 0.132. The molecule has 0 radical (unpaired) electrons. The molecule has 1 amide bonds. The lowest BCUT2D eigenvalue weighted by atomic mass is 10.1. The van der Waals surface area contributed by atoms with Crippen LogP contribution in [0.4, 0.5) is 18.9 Å². The SMILES string of the molecule is CCn1c(SCC(=O)Nc2cc(C(F)(F)F)ccc2Cl)nnc1-c1cccc(C)c1. The van der Waals surface area contributed by atoms with Crippen molar-refractivity contribution >= 4 is 35.0 Å². The van der Waals surface area contributed by atoms with Crippen molar-refractivity contribution in [3.05, 3.63) is 58.6 Å². The number of carbonyl (C=O) groups is 1. The van der Waals surface area contributed by atoms with Crippen LogP contribution in [0.15, 0.2) is 47.6 Å². The van der Waals surface area contributed by atoms with E-state index in [9.17, 15) is 18.0 Å². The van der Waals surface area contributed by atoms with Crippen LogP contribution >= 0.6 is 23.4 Å². The van der Waals surface area contributed by atoms with E-state index in [0.29, 0.717) is 17.5 Å². The normalized spacial score (nSPS) is 11.5. The first kappa shape index (κ1) is 22.2. The van der Waals surface area contributed by atoms with Gasteiger partial charge in [0, 0.05) is 12.1 Å². The lowest BCUT2D eigenvalue weighted by Gasteiger charge is -2.12. The third-order valence-corrected chi connectivity index (χ3v) is 5.51. The third-order valence-electron chi connectivity index (χ3n) is 4.21. The third kappa shape index (κ3) is 5.14. The molecule has 158 valence electrons. The van der Waals surface area contributed by atoms with Gasteiger partial charge in [-0.05, 0) is 38.1 Å². The Morgan fingerprint density at radius 3 is 2.63 bits per heavy atom. The van der Waals surface area contributed by atoms with Crippen molar-refractivity contribution in [1.29, 1.82) is 0 Å². The Hall–Kier alpha value is -2.52. The molecule has 0 bridgehead atoms. The Morgan fingerprint density at radius 1 is 1.20 bits per heavy atom. The van der Waals surface area contributed by atoms with E-state index in [2.05, 4.69) is 15.5 Å². The van der Waals surface area contributed by atoms with Crippen LogP contribution in [0.2, 0.25) is 5.02 Å². The second kappa shape index (κ2) is 9.09. The molecule has 0 aliphatic rings. The number of benzene rings is 2. The van der Waals surface area contributed by atoms with Crippen molar-refractivity contribution in [3.63, 3.8) is 0 Å². The van der Waals surface area contributed by atoms with Crippen LogP contribution in [-0.4, -0.2) is 26.4 Å². The molecular weight excluding hydrogens is 437 g/mol. The van der Waals surface area contributed by atoms with Gasteiger partial charge in [-0.25, -0.2) is 0 Å². The number of hydrogen-bond donors (Lipinski definition) is 1. The maximum Gasteiger partial charge on any atom is 0.416 e. The number of amides is 1. The largest absolute Gasteiger partial charge is 0.416 e. The molecule has 10 heteroatoms. The highest BCUT2D eigenvalue weighted by Gasteiger charge is 2.31. The summed E-state index contributed by atoms with van der Waals surface area (Å²) in [6.07, 6.45) is -4.53. The number of halogens is 4. The van der Waals surface area contributed by atoms with Crippen LogP contribution in [0.3, 0.4) is 0 Å². The van der Waals surface area contributed by atoms with Crippen LogP contribution in [0.5, 0.6) is 0 Å². The number of alkyl halides is 3. The average Bonchev–Trinajstić information content (AvgIpc) is 3.10. The minimum Gasteiger partial charge on any atom is -0.324 e. The van der Waals surface area contributed by atoms with E-state index in [0.717, 1.165) is 41.1 Å². The fourth-order valence-corrected chi connectivity index (χ4v) is 3.76. The van der Waals surface area contributed by atoms with Gasteiger partial charge in [0.25, 0.3) is 0 Å². The maximum absolute atomic E-state index is 12.9. The molecule has 5 nitrogen and oxygen atoms in total. The molecule has 1 aromatic heterocycles. The van der Waals surface area contributed by atoms with Crippen LogP contribution in [-0.2, 0) is 17.5 Å². The van der Waals surface area contributed by atoms with Crippen molar-refractivity contribution in [3.8, 4) is 11.4 Å². The summed E-state index contributed by atoms with van der Waals surface area (Å²) in [5, 5.41) is 11.4. The molecule has 30 heavy (non-hydrogen) atoms. The van der Waals surface area contributed by atoms with Crippen molar-refractivity contribution < 1.29 is 18.0 Å². The zero-order valence-electron chi connectivity index (χ0n) is 16.1. The number of aromatic nitrogens is 3. The molecule has 0 aliphatic carbocycles. The molecule has 2 aromatic carbocycles. The van der Waals surface area contributed by atoms with Crippen molar-refractivity contribution in [2.45, 2.75) is 31.7 Å². The number of thioether (sulfide) groups is 1. The number of aryl methyl sites for hydroxylation is 1. The summed E-state index contributed by atoms with van der Waals surface area (Å²) >= 11 is 7.07. The fraction of sp³-hybridized carbons (Fsp3) is 0.250. The van der Waals surface area contributed by atoms with E-state index >= 15 is 0 Å². The molecule has 0 saturated heterocycles. The molecule has 0 saturated carbocycles. The quantitative estimate of drug-likeness (QED) is 0.487. The first-order chi connectivity index (χ1) is 14.2. The standard InChI is InChI=1S/C20H18ClF3N4OS/c1-3-28-18(13-6-4-5-12(2)9-13)26-27-19(28)30-11-17(29)25-16-10-14(20(22,23)24)7-8-15(16)21/h4-10H,3,11H2,1-2H3,(H,25,29). The highest BCUT2D eigenvalue weighted by molar-refractivity contribution is 7.99. The monoisotopic (exact) mass is 454 g/mol. The maximum atomic E-state index is 12.9. The summed E-state index contributed by atoms with van der Waals surface area (Å²) < 4.78 is 40.5. The predicted molar refractivity (Wildman–Crippen MR) is 112 cm³/mol. The second-order valence-corrected chi connectivity index (χ2v) is 7.80. The summed E-state index contributed by atoms with van der Waals surface area (Å²) in [6.45, 7) is 4.52. The molecule has 3 rings (SSSR count). The Balaban J connectivity index is 1.71. The average molecular weight is 455 g/mol. The predicted octanol–water partition coefficient (Wildman–Crippen LogP) is 5.68. The highest BCUT2D eigenvalue weighted by Crippen LogP contribution is 2.34. The molecule has 0 fully saturated rings. The Morgan fingerprint density at radius 2 is 1.97 bits per heavy atom. The minimum absolute atomic E-state index is 0.0276. The van der Waals surface area contributed by atoms with E-state index in [1.165, 1.54) is 0 Å². The van der Waals surface area contributed by atoms with Crippen LogP contribution < -0.4 is 5.32 Å². The topological polar surface area (TPSA) is 59.8 Å². The van der Waals surface area contributed by atoms with Crippen LogP contribution in [0.25, 0.3) is 11.4 Å². The first-order valence-corrected chi connectivity index (χ1v) is 10.3. The Labute approximate surface area is 180 Å². The van der Waals surface area contributed by atoms with Gasteiger partial charge in [0.2, 0.25) is 5.91 Å². The van der Waals surface area contributed by atoms with Gasteiger partial charge in [-0.2, -0.15) is 13.2 Å². The molecule has 0 aliphatic heterocycles. The van der Waals surface area contributed by atoms with Crippen LogP contribution in [0.1, 0.15) is 18.1 Å². The highest BCUT2D eigenvalue weighted by atomic mass is 35.5. The van der Waals surface area contributed by atoms with Gasteiger partial charge >= 0.3 is 6.18 Å². The number of carbonyl (C=O) groups excluding carboxylic acids is 1. The lowest BCUT2D eigenvalue weighted by molar-refractivity contribution is -0.137. The van der Waals surface area contributed by atoms with Crippen molar-refractivity contribution in [1.82, 2.24) is 14.8 Å². The number of nitrogens with one attached hydrogen (secondary N) is 1. The number of hydrogen-bond acceptors (Lipinski definition) is 4. The van der Waals surface area contributed by atoms with Crippen LogP contribution in [0, 0.1) is 6.92 Å². The Kier molecular flexibility index (Phi) is 6.72. The summed E-state index contributed by atoms with van der Waals surface area (Å²) in [7, 11) is 0. The molecule has 0 spiro atoms. The number of nitrogens with zero attached hydrogens (tertiary/aromatic N) is 3. The number of rotatable bonds is 6. The Bertz CT molecular complexity index is 1070. The number of anilines is 1. The molecule has 0 atom stereocenters. The van der Waals surface area contributed by atoms with Crippen molar-refractivity contribution in [2.24, 2.45) is 0 Å². The van der Waals surface area contributed by atoms with Gasteiger partial charge in [-0.3, -0.25) is 4.79 Å². The summed E-state index contributed by atoms with van der Waals surface area (Å²) in [5.41, 5.74) is 1.03. The first-order valence-electron chi connectivity index (χ1n) is 8.98.